The molecule has 1 atom stereocenters. The average molecular weight is 267 g/mol. The predicted octanol–water partition coefficient (Wildman–Crippen LogP) is 0.971. The van der Waals surface area contributed by atoms with Gasteiger partial charge in [-0.05, 0) is 32.9 Å². The highest BCUT2D eigenvalue weighted by Crippen LogP contribution is 2.17. The standard InChI is InChI=1S/C13H18FN3O2/c1-4-16-12(18)8(3)17-13(19)9-5-10(14)7(2)11(15)6-9/h5-6,8H,4,15H2,1-3H3,(H,16,18)(H,17,19). The molecule has 104 valence electrons. The molecule has 6 heteroatoms. The largest absolute Gasteiger partial charge is 0.398 e. The van der Waals surface area contributed by atoms with Crippen molar-refractivity contribution in [2.24, 2.45) is 0 Å². The van der Waals surface area contributed by atoms with Crippen LogP contribution in [0.25, 0.3) is 0 Å². The molecule has 0 aliphatic carbocycles. The Labute approximate surface area is 111 Å². The summed E-state index contributed by atoms with van der Waals surface area (Å²) in [6.45, 7) is 5.34. The maximum Gasteiger partial charge on any atom is 0.252 e. The van der Waals surface area contributed by atoms with Crippen LogP contribution in [0.2, 0.25) is 0 Å². The number of carbonyl (C=O) groups excluding carboxylic acids is 2. The quantitative estimate of drug-likeness (QED) is 0.711. The van der Waals surface area contributed by atoms with E-state index in [2.05, 4.69) is 10.6 Å². The predicted molar refractivity (Wildman–Crippen MR) is 71.2 cm³/mol. The molecule has 0 saturated heterocycles. The Kier molecular flexibility index (Phi) is 4.86. The minimum absolute atomic E-state index is 0.0942. The van der Waals surface area contributed by atoms with Crippen molar-refractivity contribution in [2.45, 2.75) is 26.8 Å². The summed E-state index contributed by atoms with van der Waals surface area (Å²) in [5.74, 6) is -1.38. The molecule has 0 aliphatic rings. The lowest BCUT2D eigenvalue weighted by Gasteiger charge is -2.14. The van der Waals surface area contributed by atoms with Gasteiger partial charge in [0, 0.05) is 23.4 Å². The molecule has 0 spiro atoms. The monoisotopic (exact) mass is 267 g/mol. The molecule has 1 rings (SSSR count). The number of nitrogens with two attached hydrogens (primary N) is 1. The Morgan fingerprint density at radius 3 is 2.58 bits per heavy atom. The first-order valence-corrected chi connectivity index (χ1v) is 6.01. The van der Waals surface area contributed by atoms with Crippen LogP contribution in [0.3, 0.4) is 0 Å². The van der Waals surface area contributed by atoms with E-state index in [9.17, 15) is 14.0 Å². The Hall–Kier alpha value is -2.11. The normalized spacial score (nSPS) is 11.8. The van der Waals surface area contributed by atoms with E-state index >= 15 is 0 Å². The number of likely N-dealkylation sites (N-methyl/N-ethyl adjacent to an activating group) is 1. The van der Waals surface area contributed by atoms with E-state index in [0.717, 1.165) is 6.07 Å². The summed E-state index contributed by atoms with van der Waals surface area (Å²) in [5.41, 5.74) is 6.20. The van der Waals surface area contributed by atoms with Gasteiger partial charge >= 0.3 is 0 Å². The van der Waals surface area contributed by atoms with E-state index in [4.69, 9.17) is 5.73 Å². The smallest absolute Gasteiger partial charge is 0.252 e. The van der Waals surface area contributed by atoms with Gasteiger partial charge in [-0.25, -0.2) is 4.39 Å². The molecule has 0 aromatic heterocycles. The van der Waals surface area contributed by atoms with Gasteiger partial charge in [0.2, 0.25) is 5.91 Å². The van der Waals surface area contributed by atoms with Gasteiger partial charge in [0.15, 0.2) is 0 Å². The number of amides is 2. The fourth-order valence-corrected chi connectivity index (χ4v) is 1.50. The summed E-state index contributed by atoms with van der Waals surface area (Å²) in [6, 6.07) is 1.79. The molecular weight excluding hydrogens is 249 g/mol. The number of nitrogens with one attached hydrogen (secondary N) is 2. The molecule has 1 unspecified atom stereocenters. The Morgan fingerprint density at radius 2 is 2.05 bits per heavy atom. The fraction of sp³-hybridized carbons (Fsp3) is 0.385. The maximum absolute atomic E-state index is 13.5. The molecule has 0 aliphatic heterocycles. The van der Waals surface area contributed by atoms with Crippen molar-refractivity contribution < 1.29 is 14.0 Å². The number of nitrogen functional groups attached to an aromatic ring is 1. The van der Waals surface area contributed by atoms with Crippen LogP contribution in [0.1, 0.15) is 29.8 Å². The van der Waals surface area contributed by atoms with E-state index in [1.807, 2.05) is 0 Å². The molecule has 4 N–H and O–H groups in total. The van der Waals surface area contributed by atoms with Gasteiger partial charge < -0.3 is 16.4 Å². The summed E-state index contributed by atoms with van der Waals surface area (Å²) in [4.78, 5) is 23.3. The van der Waals surface area contributed by atoms with Crippen molar-refractivity contribution in [3.05, 3.63) is 29.1 Å². The van der Waals surface area contributed by atoms with Crippen LogP contribution < -0.4 is 16.4 Å². The molecule has 5 nitrogen and oxygen atoms in total. The van der Waals surface area contributed by atoms with Gasteiger partial charge in [0.25, 0.3) is 5.91 Å². The van der Waals surface area contributed by atoms with Gasteiger partial charge in [-0.3, -0.25) is 9.59 Å². The van der Waals surface area contributed by atoms with Gasteiger partial charge in [-0.15, -0.1) is 0 Å². The number of rotatable bonds is 4. The highest BCUT2D eigenvalue weighted by atomic mass is 19.1. The number of hydrogen-bond donors (Lipinski definition) is 3. The molecule has 0 fully saturated rings. The molecule has 1 aromatic carbocycles. The second kappa shape index (κ2) is 6.17. The lowest BCUT2D eigenvalue weighted by Crippen LogP contribution is -2.44. The topological polar surface area (TPSA) is 84.2 Å². The zero-order chi connectivity index (χ0) is 14.6. The van der Waals surface area contributed by atoms with Crippen LogP contribution in [-0.4, -0.2) is 24.4 Å². The summed E-state index contributed by atoms with van der Waals surface area (Å²) < 4.78 is 13.5. The van der Waals surface area contributed by atoms with Gasteiger partial charge in [0.1, 0.15) is 11.9 Å². The lowest BCUT2D eigenvalue weighted by molar-refractivity contribution is -0.122. The first-order chi connectivity index (χ1) is 8.86. The third kappa shape index (κ3) is 3.67. The van der Waals surface area contributed by atoms with E-state index < -0.39 is 17.8 Å². The number of hydrogen-bond acceptors (Lipinski definition) is 3. The number of carbonyl (C=O) groups is 2. The molecular formula is C13H18FN3O2. The Balaban J connectivity index is 2.82. The van der Waals surface area contributed by atoms with E-state index in [1.165, 1.54) is 13.0 Å². The molecule has 1 aromatic rings. The molecule has 0 saturated carbocycles. The third-order valence-electron chi connectivity index (χ3n) is 2.74. The van der Waals surface area contributed by atoms with Crippen LogP contribution in [0.15, 0.2) is 12.1 Å². The zero-order valence-electron chi connectivity index (χ0n) is 11.2. The molecule has 2 amide bonds. The summed E-state index contributed by atoms with van der Waals surface area (Å²) in [6.07, 6.45) is 0. The van der Waals surface area contributed by atoms with Crippen molar-refractivity contribution in [1.29, 1.82) is 0 Å². The first-order valence-electron chi connectivity index (χ1n) is 6.01. The van der Waals surface area contributed by atoms with Crippen LogP contribution >= 0.6 is 0 Å². The molecule has 19 heavy (non-hydrogen) atoms. The second-order valence-electron chi connectivity index (χ2n) is 4.26. The minimum Gasteiger partial charge on any atom is -0.398 e. The van der Waals surface area contributed by atoms with Crippen LogP contribution in [0, 0.1) is 12.7 Å². The Morgan fingerprint density at radius 1 is 1.42 bits per heavy atom. The van der Waals surface area contributed by atoms with E-state index in [1.54, 1.807) is 13.8 Å². The minimum atomic E-state index is -0.696. The second-order valence-corrected chi connectivity index (χ2v) is 4.26. The first kappa shape index (κ1) is 14.9. The highest BCUT2D eigenvalue weighted by molar-refractivity contribution is 5.98. The van der Waals surface area contributed by atoms with Crippen molar-refractivity contribution >= 4 is 17.5 Å². The van der Waals surface area contributed by atoms with Crippen LogP contribution in [0.5, 0.6) is 0 Å². The van der Waals surface area contributed by atoms with E-state index in [0.29, 0.717) is 12.1 Å². The summed E-state index contributed by atoms with van der Waals surface area (Å²) in [5, 5.41) is 5.06. The van der Waals surface area contributed by atoms with Crippen LogP contribution in [-0.2, 0) is 4.79 Å². The lowest BCUT2D eigenvalue weighted by atomic mass is 10.1. The van der Waals surface area contributed by atoms with Gasteiger partial charge in [-0.1, -0.05) is 0 Å². The highest BCUT2D eigenvalue weighted by Gasteiger charge is 2.17. The number of benzene rings is 1. The van der Waals surface area contributed by atoms with Crippen molar-refractivity contribution in [1.82, 2.24) is 10.6 Å². The third-order valence-corrected chi connectivity index (χ3v) is 2.74. The van der Waals surface area contributed by atoms with Crippen molar-refractivity contribution in [3.63, 3.8) is 0 Å². The van der Waals surface area contributed by atoms with Crippen molar-refractivity contribution in [2.75, 3.05) is 12.3 Å². The summed E-state index contributed by atoms with van der Waals surface area (Å²) >= 11 is 0. The molecule has 0 heterocycles. The molecule has 0 bridgehead atoms. The van der Waals surface area contributed by atoms with E-state index in [-0.39, 0.29) is 17.2 Å². The number of halogens is 1. The average Bonchev–Trinajstić information content (AvgIpc) is 2.35. The molecule has 0 radical (unpaired) electrons. The van der Waals surface area contributed by atoms with Gasteiger partial charge in [0.05, 0.1) is 0 Å². The maximum atomic E-state index is 13.5. The Bertz CT molecular complexity index is 480. The SMILES string of the molecule is CCNC(=O)C(C)NC(=O)c1cc(N)c(C)c(F)c1. The zero-order valence-corrected chi connectivity index (χ0v) is 11.2. The fourth-order valence-electron chi connectivity index (χ4n) is 1.50. The summed E-state index contributed by atoms with van der Waals surface area (Å²) in [7, 11) is 0. The number of anilines is 1. The van der Waals surface area contributed by atoms with Gasteiger partial charge in [-0.2, -0.15) is 0 Å². The van der Waals surface area contributed by atoms with Crippen LogP contribution in [0.4, 0.5) is 10.1 Å². The van der Waals surface area contributed by atoms with Crippen molar-refractivity contribution in [3.8, 4) is 0 Å².